The van der Waals surface area contributed by atoms with Crippen LogP contribution in [0.2, 0.25) is 0 Å². The number of hydrogen-bond donors (Lipinski definition) is 2. The molecule has 9 heteroatoms. The van der Waals surface area contributed by atoms with Gasteiger partial charge in [0, 0.05) is 55.2 Å². The number of aromatic nitrogens is 1. The predicted molar refractivity (Wildman–Crippen MR) is 147 cm³/mol. The second-order valence-electron chi connectivity index (χ2n) is 10.1. The summed E-state index contributed by atoms with van der Waals surface area (Å²) >= 11 is 0. The predicted octanol–water partition coefficient (Wildman–Crippen LogP) is 3.65. The molecule has 2 aromatic carbocycles. The van der Waals surface area contributed by atoms with Gasteiger partial charge in [0.1, 0.15) is 11.6 Å². The first-order valence-electron chi connectivity index (χ1n) is 13.1. The smallest absolute Gasteiger partial charge is 0.322 e. The van der Waals surface area contributed by atoms with E-state index in [1.807, 2.05) is 47.4 Å². The SMILES string of the molecule is COc1ccc2c(c1)CCN(C1CCN(c3cc(C(=O)N4CCc5ccccc54)cc(=O)[nH]3)CC1)C(=O)N2. The van der Waals surface area contributed by atoms with Crippen LogP contribution in [0.5, 0.6) is 5.75 Å². The molecule has 0 spiro atoms. The molecule has 0 aliphatic carbocycles. The molecule has 0 bridgehead atoms. The topological polar surface area (TPSA) is 98.0 Å². The van der Waals surface area contributed by atoms with E-state index in [0.29, 0.717) is 37.6 Å². The van der Waals surface area contributed by atoms with Crippen LogP contribution in [0.1, 0.15) is 34.3 Å². The summed E-state index contributed by atoms with van der Waals surface area (Å²) in [4.78, 5) is 47.6. The minimum Gasteiger partial charge on any atom is -0.497 e. The van der Waals surface area contributed by atoms with Crippen molar-refractivity contribution in [1.29, 1.82) is 0 Å². The maximum absolute atomic E-state index is 13.4. The van der Waals surface area contributed by atoms with Gasteiger partial charge in [0.2, 0.25) is 5.56 Å². The summed E-state index contributed by atoms with van der Waals surface area (Å²) in [5.41, 5.74) is 4.06. The lowest BCUT2D eigenvalue weighted by Gasteiger charge is -2.38. The van der Waals surface area contributed by atoms with Crippen LogP contribution in [0.4, 0.5) is 22.0 Å². The molecular formula is C29H31N5O4. The summed E-state index contributed by atoms with van der Waals surface area (Å²) in [5.74, 6) is 1.27. The van der Waals surface area contributed by atoms with Gasteiger partial charge in [-0.3, -0.25) is 9.59 Å². The number of urea groups is 1. The Morgan fingerprint density at radius 3 is 2.53 bits per heavy atom. The number of benzene rings is 2. The van der Waals surface area contributed by atoms with E-state index in [0.717, 1.165) is 53.9 Å². The van der Waals surface area contributed by atoms with Crippen molar-refractivity contribution in [3.8, 4) is 5.75 Å². The van der Waals surface area contributed by atoms with Crippen LogP contribution in [0, 0.1) is 0 Å². The fraction of sp³-hybridized carbons (Fsp3) is 0.345. The molecule has 3 aliphatic rings. The molecule has 0 unspecified atom stereocenters. The monoisotopic (exact) mass is 513 g/mol. The fourth-order valence-electron chi connectivity index (χ4n) is 5.85. The maximum Gasteiger partial charge on any atom is 0.322 e. The number of rotatable bonds is 4. The number of anilines is 3. The largest absolute Gasteiger partial charge is 0.497 e. The van der Waals surface area contributed by atoms with Crippen LogP contribution in [-0.2, 0) is 12.8 Å². The first-order chi connectivity index (χ1) is 18.5. The van der Waals surface area contributed by atoms with E-state index in [1.54, 1.807) is 18.1 Å². The van der Waals surface area contributed by atoms with Crippen LogP contribution < -0.4 is 25.4 Å². The number of H-pyrrole nitrogens is 1. The first-order valence-corrected chi connectivity index (χ1v) is 13.1. The molecule has 0 saturated carbocycles. The number of ether oxygens (including phenoxy) is 1. The Morgan fingerprint density at radius 1 is 0.921 bits per heavy atom. The van der Waals surface area contributed by atoms with Crippen molar-refractivity contribution in [2.45, 2.75) is 31.7 Å². The molecule has 3 aliphatic heterocycles. The zero-order valence-electron chi connectivity index (χ0n) is 21.4. The molecule has 6 rings (SSSR count). The third-order valence-corrected chi connectivity index (χ3v) is 7.89. The Balaban J connectivity index is 1.14. The van der Waals surface area contributed by atoms with Gasteiger partial charge in [0.05, 0.1) is 7.11 Å². The van der Waals surface area contributed by atoms with Crippen LogP contribution >= 0.6 is 0 Å². The molecular weight excluding hydrogens is 482 g/mol. The summed E-state index contributed by atoms with van der Waals surface area (Å²) in [7, 11) is 1.64. The van der Waals surface area contributed by atoms with Gasteiger partial charge in [-0.2, -0.15) is 0 Å². The quantitative estimate of drug-likeness (QED) is 0.555. The molecule has 1 aromatic heterocycles. The van der Waals surface area contributed by atoms with E-state index in [9.17, 15) is 14.4 Å². The summed E-state index contributed by atoms with van der Waals surface area (Å²) in [6.45, 7) is 2.60. The van der Waals surface area contributed by atoms with Crippen molar-refractivity contribution >= 4 is 29.1 Å². The van der Waals surface area contributed by atoms with Crippen molar-refractivity contribution in [3.63, 3.8) is 0 Å². The number of carbonyl (C=O) groups is 2. The van der Waals surface area contributed by atoms with Gasteiger partial charge in [-0.25, -0.2) is 4.79 Å². The van der Waals surface area contributed by atoms with Gasteiger partial charge >= 0.3 is 6.03 Å². The number of piperidine rings is 1. The molecule has 1 saturated heterocycles. The van der Waals surface area contributed by atoms with Crippen LogP contribution in [0.15, 0.2) is 59.4 Å². The highest BCUT2D eigenvalue weighted by atomic mass is 16.5. The first kappa shape index (κ1) is 24.1. The van der Waals surface area contributed by atoms with Crippen molar-refractivity contribution in [1.82, 2.24) is 9.88 Å². The normalized spacial score (nSPS) is 17.5. The highest BCUT2D eigenvalue weighted by molar-refractivity contribution is 6.07. The Hall–Kier alpha value is -4.27. The lowest BCUT2D eigenvalue weighted by molar-refractivity contribution is 0.0989. The molecule has 2 N–H and O–H groups in total. The lowest BCUT2D eigenvalue weighted by Crippen LogP contribution is -2.49. The molecule has 4 heterocycles. The summed E-state index contributed by atoms with van der Waals surface area (Å²) in [6.07, 6.45) is 3.11. The minimum absolute atomic E-state index is 0.0840. The van der Waals surface area contributed by atoms with Crippen molar-refractivity contribution in [2.75, 3.05) is 48.4 Å². The van der Waals surface area contributed by atoms with E-state index < -0.39 is 0 Å². The molecule has 0 atom stereocenters. The number of methoxy groups -OCH3 is 1. The van der Waals surface area contributed by atoms with Crippen LogP contribution in [0.3, 0.4) is 0 Å². The van der Waals surface area contributed by atoms with Crippen molar-refractivity contribution in [2.24, 2.45) is 0 Å². The standard InChI is InChI=1S/C29H31N5O4/c1-38-23-6-7-24-20(16-23)9-14-33(29(37)30-24)22-10-12-32(13-11-22)26-17-21(18-27(35)31-26)28(36)34-15-8-19-4-2-3-5-25(19)34/h2-7,16-18,22H,8-15H2,1H3,(H,30,37)(H,31,35). The average molecular weight is 514 g/mol. The summed E-state index contributed by atoms with van der Waals surface area (Å²) in [6, 6.07) is 16.8. The number of pyridine rings is 1. The van der Waals surface area contributed by atoms with E-state index in [4.69, 9.17) is 4.74 Å². The highest BCUT2D eigenvalue weighted by Crippen LogP contribution is 2.30. The molecule has 38 heavy (non-hydrogen) atoms. The third-order valence-electron chi connectivity index (χ3n) is 7.89. The van der Waals surface area contributed by atoms with Gasteiger partial charge in [-0.1, -0.05) is 18.2 Å². The van der Waals surface area contributed by atoms with E-state index in [-0.39, 0.29) is 23.5 Å². The minimum atomic E-state index is -0.291. The van der Waals surface area contributed by atoms with Crippen molar-refractivity contribution < 1.29 is 14.3 Å². The molecule has 196 valence electrons. The molecule has 3 aromatic rings. The second-order valence-corrected chi connectivity index (χ2v) is 10.1. The van der Waals surface area contributed by atoms with E-state index in [2.05, 4.69) is 15.2 Å². The van der Waals surface area contributed by atoms with Gasteiger partial charge in [-0.15, -0.1) is 0 Å². The molecule has 3 amide bonds. The second kappa shape index (κ2) is 9.89. The number of nitrogens with zero attached hydrogens (tertiary/aromatic N) is 3. The number of nitrogens with one attached hydrogen (secondary N) is 2. The van der Waals surface area contributed by atoms with Gasteiger partial charge < -0.3 is 29.7 Å². The summed E-state index contributed by atoms with van der Waals surface area (Å²) < 4.78 is 5.34. The van der Waals surface area contributed by atoms with E-state index in [1.165, 1.54) is 6.07 Å². The Labute approximate surface area is 221 Å². The summed E-state index contributed by atoms with van der Waals surface area (Å²) in [5, 5.41) is 3.05. The Morgan fingerprint density at radius 2 is 1.71 bits per heavy atom. The number of fused-ring (bicyclic) bond motifs is 2. The van der Waals surface area contributed by atoms with Gasteiger partial charge in [0.15, 0.2) is 0 Å². The van der Waals surface area contributed by atoms with Gasteiger partial charge in [-0.05, 0) is 67.1 Å². The van der Waals surface area contributed by atoms with E-state index >= 15 is 0 Å². The molecule has 1 fully saturated rings. The number of aromatic amines is 1. The Bertz CT molecular complexity index is 1440. The zero-order valence-corrected chi connectivity index (χ0v) is 21.4. The highest BCUT2D eigenvalue weighted by Gasteiger charge is 2.31. The number of para-hydroxylation sites is 1. The maximum atomic E-state index is 13.4. The van der Waals surface area contributed by atoms with Crippen LogP contribution in [0.25, 0.3) is 0 Å². The lowest BCUT2D eigenvalue weighted by atomic mass is 10.0. The molecule has 9 nitrogen and oxygen atoms in total. The van der Waals surface area contributed by atoms with Gasteiger partial charge in [0.25, 0.3) is 5.91 Å². The number of hydrogen-bond acceptors (Lipinski definition) is 5. The van der Waals surface area contributed by atoms with Crippen molar-refractivity contribution in [3.05, 3.63) is 81.6 Å². The average Bonchev–Trinajstić information content (AvgIpc) is 3.30. The number of carbonyl (C=O) groups excluding carboxylic acids is 2. The fourth-order valence-corrected chi connectivity index (χ4v) is 5.85. The zero-order chi connectivity index (χ0) is 26.2. The third kappa shape index (κ3) is 4.49. The number of amides is 3. The molecule has 0 radical (unpaired) electrons. The Kier molecular flexibility index (Phi) is 6.27. The van der Waals surface area contributed by atoms with Crippen LogP contribution in [-0.4, -0.2) is 61.2 Å².